The van der Waals surface area contributed by atoms with Gasteiger partial charge in [0, 0.05) is 13.1 Å². The molecule has 1 fully saturated rings. The predicted molar refractivity (Wildman–Crippen MR) is 104 cm³/mol. The molecule has 7 heteroatoms. The van der Waals surface area contributed by atoms with E-state index >= 15 is 0 Å². The summed E-state index contributed by atoms with van der Waals surface area (Å²) in [5.41, 5.74) is 1.60. The number of nitrogens with zero attached hydrogens (tertiary/aromatic N) is 2. The second-order valence-electron chi connectivity index (χ2n) is 7.00. The molecule has 2 aromatic rings. The molecule has 0 atom stereocenters. The fraction of sp³-hybridized carbons (Fsp3) is 0.333. The number of benzene rings is 2. The van der Waals surface area contributed by atoms with Crippen molar-refractivity contribution in [2.45, 2.75) is 31.3 Å². The highest BCUT2D eigenvalue weighted by atomic mass is 32.2. The van der Waals surface area contributed by atoms with Crippen molar-refractivity contribution in [3.63, 3.8) is 0 Å². The van der Waals surface area contributed by atoms with Crippen molar-refractivity contribution < 1.29 is 17.9 Å². The molecule has 1 saturated heterocycles. The molecule has 1 aliphatic heterocycles. The van der Waals surface area contributed by atoms with Crippen molar-refractivity contribution in [2.75, 3.05) is 13.1 Å². The highest BCUT2D eigenvalue weighted by Gasteiger charge is 2.28. The van der Waals surface area contributed by atoms with E-state index in [-0.39, 0.29) is 11.5 Å². The molecule has 0 amide bonds. The summed E-state index contributed by atoms with van der Waals surface area (Å²) in [6, 6.07) is 14.6. The number of sulfonamides is 1. The van der Waals surface area contributed by atoms with Gasteiger partial charge in [-0.05, 0) is 60.7 Å². The molecular weight excluding hydrogens is 376 g/mol. The zero-order valence-corrected chi connectivity index (χ0v) is 16.5. The molecule has 0 N–H and O–H groups in total. The van der Waals surface area contributed by atoms with E-state index in [1.807, 2.05) is 6.07 Å². The third-order valence-electron chi connectivity index (χ3n) is 4.92. The maximum absolute atomic E-state index is 12.7. The highest BCUT2D eigenvalue weighted by Crippen LogP contribution is 2.23. The summed E-state index contributed by atoms with van der Waals surface area (Å²) >= 11 is 0. The molecule has 28 heavy (non-hydrogen) atoms. The van der Waals surface area contributed by atoms with E-state index < -0.39 is 16.0 Å². The number of hydrogen-bond acceptors (Lipinski definition) is 5. The summed E-state index contributed by atoms with van der Waals surface area (Å²) in [5.74, 6) is 0.0137. The van der Waals surface area contributed by atoms with Gasteiger partial charge >= 0.3 is 5.97 Å². The number of carbonyl (C=O) groups excluding carboxylic acids is 1. The van der Waals surface area contributed by atoms with Gasteiger partial charge in [-0.25, -0.2) is 13.2 Å². The van der Waals surface area contributed by atoms with Crippen LogP contribution in [0.5, 0.6) is 0 Å². The van der Waals surface area contributed by atoms with Gasteiger partial charge in [0.2, 0.25) is 10.0 Å². The van der Waals surface area contributed by atoms with Crippen LogP contribution < -0.4 is 0 Å². The molecule has 0 aliphatic carbocycles. The van der Waals surface area contributed by atoms with E-state index in [1.54, 1.807) is 24.3 Å². The smallest absolute Gasteiger partial charge is 0.338 e. The quantitative estimate of drug-likeness (QED) is 0.721. The van der Waals surface area contributed by atoms with E-state index in [1.165, 1.54) is 28.6 Å². The molecule has 0 radical (unpaired) electrons. The topological polar surface area (TPSA) is 87.5 Å². The van der Waals surface area contributed by atoms with Crippen LogP contribution in [0.15, 0.2) is 53.4 Å². The first-order valence-corrected chi connectivity index (χ1v) is 10.6. The minimum atomic E-state index is -3.53. The van der Waals surface area contributed by atoms with Crippen LogP contribution in [0.1, 0.15) is 41.3 Å². The Balaban J connectivity index is 1.63. The molecule has 1 aliphatic rings. The largest absolute Gasteiger partial charge is 0.457 e. The summed E-state index contributed by atoms with van der Waals surface area (Å²) in [7, 11) is -3.53. The molecular formula is C21H22N2O4S. The maximum Gasteiger partial charge on any atom is 0.338 e. The van der Waals surface area contributed by atoms with Gasteiger partial charge in [0.15, 0.2) is 0 Å². The van der Waals surface area contributed by atoms with E-state index in [0.717, 1.165) is 18.4 Å². The van der Waals surface area contributed by atoms with Crippen molar-refractivity contribution in [1.82, 2.24) is 4.31 Å². The molecule has 3 rings (SSSR count). The Kier molecular flexibility index (Phi) is 6.12. The zero-order chi connectivity index (χ0) is 20.1. The Morgan fingerprint density at radius 2 is 1.71 bits per heavy atom. The van der Waals surface area contributed by atoms with Crippen LogP contribution in [-0.2, 0) is 21.4 Å². The van der Waals surface area contributed by atoms with Crippen LogP contribution >= 0.6 is 0 Å². The minimum Gasteiger partial charge on any atom is -0.457 e. The van der Waals surface area contributed by atoms with Gasteiger partial charge in [-0.3, -0.25) is 0 Å². The van der Waals surface area contributed by atoms with Crippen LogP contribution in [0.3, 0.4) is 0 Å². The summed E-state index contributed by atoms with van der Waals surface area (Å²) in [4.78, 5) is 12.4. The Bertz CT molecular complexity index is 969. The summed E-state index contributed by atoms with van der Waals surface area (Å²) < 4.78 is 32.2. The van der Waals surface area contributed by atoms with Crippen molar-refractivity contribution >= 4 is 16.0 Å². The first-order chi connectivity index (χ1) is 13.4. The molecule has 6 nitrogen and oxygen atoms in total. The Morgan fingerprint density at radius 1 is 1.11 bits per heavy atom. The van der Waals surface area contributed by atoms with E-state index in [4.69, 9.17) is 10.00 Å². The van der Waals surface area contributed by atoms with Crippen LogP contribution in [-0.4, -0.2) is 31.8 Å². The first kappa shape index (κ1) is 20.1. The van der Waals surface area contributed by atoms with Gasteiger partial charge in [0.1, 0.15) is 6.61 Å². The Hall–Kier alpha value is -2.69. The van der Waals surface area contributed by atoms with Crippen LogP contribution in [0, 0.1) is 17.2 Å². The maximum atomic E-state index is 12.7. The van der Waals surface area contributed by atoms with E-state index in [2.05, 4.69) is 6.92 Å². The predicted octanol–water partition coefficient (Wildman–Crippen LogP) is 3.34. The number of hydrogen-bond donors (Lipinski definition) is 0. The van der Waals surface area contributed by atoms with Crippen molar-refractivity contribution in [2.24, 2.45) is 5.92 Å². The highest BCUT2D eigenvalue weighted by molar-refractivity contribution is 7.89. The molecule has 2 aromatic carbocycles. The second-order valence-corrected chi connectivity index (χ2v) is 8.93. The standard InChI is InChI=1S/C21H22N2O4S/c1-16-10-12-23(13-11-16)28(25,26)20-8-6-19(7-9-20)21(24)27-15-18-4-2-17(14-22)3-5-18/h2-9,16H,10-13,15H2,1H3. The lowest BCUT2D eigenvalue weighted by atomic mass is 10.0. The normalized spacial score (nSPS) is 15.7. The van der Waals surface area contributed by atoms with E-state index in [9.17, 15) is 13.2 Å². The average molecular weight is 398 g/mol. The molecule has 1 heterocycles. The van der Waals surface area contributed by atoms with Gasteiger partial charge in [-0.2, -0.15) is 9.57 Å². The molecule has 0 unspecified atom stereocenters. The van der Waals surface area contributed by atoms with Crippen molar-refractivity contribution in [1.29, 1.82) is 5.26 Å². The Morgan fingerprint density at radius 3 is 2.29 bits per heavy atom. The minimum absolute atomic E-state index is 0.0799. The fourth-order valence-corrected chi connectivity index (χ4v) is 4.51. The molecule has 0 spiro atoms. The summed E-state index contributed by atoms with van der Waals surface area (Å²) in [5, 5.41) is 8.79. The van der Waals surface area contributed by atoms with Gasteiger partial charge in [0.25, 0.3) is 0 Å². The van der Waals surface area contributed by atoms with E-state index in [0.29, 0.717) is 30.1 Å². The Labute approximate surface area is 165 Å². The summed E-state index contributed by atoms with van der Waals surface area (Å²) in [6.07, 6.45) is 1.72. The van der Waals surface area contributed by atoms with Crippen LogP contribution in [0.25, 0.3) is 0 Å². The van der Waals surface area contributed by atoms with Crippen LogP contribution in [0.2, 0.25) is 0 Å². The number of piperidine rings is 1. The van der Waals surface area contributed by atoms with Gasteiger partial charge in [0.05, 0.1) is 22.1 Å². The van der Waals surface area contributed by atoms with Crippen molar-refractivity contribution in [3.05, 3.63) is 65.2 Å². The lowest BCUT2D eigenvalue weighted by Crippen LogP contribution is -2.37. The molecule has 146 valence electrons. The number of nitriles is 1. The summed E-state index contributed by atoms with van der Waals surface area (Å²) in [6.45, 7) is 3.26. The number of carbonyl (C=O) groups is 1. The van der Waals surface area contributed by atoms with Gasteiger partial charge in [-0.15, -0.1) is 0 Å². The molecule has 0 bridgehead atoms. The number of rotatable bonds is 5. The second kappa shape index (κ2) is 8.55. The fourth-order valence-electron chi connectivity index (χ4n) is 3.05. The third kappa shape index (κ3) is 4.58. The third-order valence-corrected chi connectivity index (χ3v) is 6.84. The molecule has 0 aromatic heterocycles. The number of esters is 1. The molecule has 0 saturated carbocycles. The van der Waals surface area contributed by atoms with Gasteiger partial charge in [-0.1, -0.05) is 19.1 Å². The number of ether oxygens (including phenoxy) is 1. The first-order valence-electron chi connectivity index (χ1n) is 9.16. The van der Waals surface area contributed by atoms with Gasteiger partial charge < -0.3 is 4.74 Å². The average Bonchev–Trinajstić information content (AvgIpc) is 2.73. The monoisotopic (exact) mass is 398 g/mol. The lowest BCUT2D eigenvalue weighted by Gasteiger charge is -2.29. The lowest BCUT2D eigenvalue weighted by molar-refractivity contribution is 0.0472. The zero-order valence-electron chi connectivity index (χ0n) is 15.7. The van der Waals surface area contributed by atoms with Crippen molar-refractivity contribution in [3.8, 4) is 6.07 Å². The SMILES string of the molecule is CC1CCN(S(=O)(=O)c2ccc(C(=O)OCc3ccc(C#N)cc3)cc2)CC1. The van der Waals surface area contributed by atoms with Crippen LogP contribution in [0.4, 0.5) is 0 Å².